The van der Waals surface area contributed by atoms with Crippen LogP contribution in [0.1, 0.15) is 137 Å². The number of carbonyl (C=O) groups excluding carboxylic acids is 1. The van der Waals surface area contributed by atoms with E-state index in [0.29, 0.717) is 48.9 Å². The van der Waals surface area contributed by atoms with E-state index >= 15 is 0 Å². The average molecular weight is 845 g/mol. The number of fused-ring (bicyclic) bond motifs is 7. The number of allylic oxidation sites excluding steroid dienone is 5. The van der Waals surface area contributed by atoms with Crippen molar-refractivity contribution in [2.24, 2.45) is 56.7 Å². The summed E-state index contributed by atoms with van der Waals surface area (Å²) in [4.78, 5) is 15.9. The molecule has 7 aliphatic rings. The van der Waals surface area contributed by atoms with Crippen LogP contribution in [0, 0.1) is 56.7 Å². The van der Waals surface area contributed by atoms with Crippen LogP contribution < -0.4 is 5.32 Å². The fourth-order valence-electron chi connectivity index (χ4n) is 16.0. The average Bonchev–Trinajstić information content (AvgIpc) is 3.60. The van der Waals surface area contributed by atoms with Crippen molar-refractivity contribution in [1.82, 2.24) is 10.2 Å². The second kappa shape index (κ2) is 16.1. The lowest BCUT2D eigenvalue weighted by molar-refractivity contribution is -0.221. The summed E-state index contributed by atoms with van der Waals surface area (Å²) in [5.74, 6) is 2.64. The molecule has 0 radical (unpaired) electrons. The molecule has 5 fully saturated rings. The minimum Gasteiger partial charge on any atom is -0.460 e. The number of piperidine rings is 1. The molecular weight excluding hydrogens is 768 g/mol. The Bertz CT molecular complexity index is 1970. The first-order valence-electron chi connectivity index (χ1n) is 23.8. The number of sulfone groups is 1. The number of nitrogens with one attached hydrogen (secondary N) is 1. The van der Waals surface area contributed by atoms with E-state index in [1.54, 1.807) is 0 Å². The molecule has 60 heavy (non-hydrogen) atoms. The van der Waals surface area contributed by atoms with Crippen LogP contribution in [-0.2, 0) is 26.0 Å². The molecule has 6 aliphatic carbocycles. The van der Waals surface area contributed by atoms with Gasteiger partial charge in [0.05, 0.1) is 10.7 Å². The number of rotatable bonds is 11. The van der Waals surface area contributed by atoms with Gasteiger partial charge in [0.25, 0.3) is 0 Å². The maximum atomic E-state index is 14.8. The number of likely N-dealkylation sites (tertiary alicyclic amines) is 1. The molecular formula is C52H77FN2O4S. The molecule has 0 aromatic heterocycles. The summed E-state index contributed by atoms with van der Waals surface area (Å²) < 4.78 is 44.9. The molecule has 1 aliphatic heterocycles. The van der Waals surface area contributed by atoms with E-state index in [4.69, 9.17) is 4.74 Å². The van der Waals surface area contributed by atoms with Crippen LogP contribution in [0.15, 0.2) is 65.8 Å². The molecule has 8 rings (SSSR count). The van der Waals surface area contributed by atoms with Crippen molar-refractivity contribution in [2.75, 3.05) is 39.1 Å². The van der Waals surface area contributed by atoms with Gasteiger partial charge < -0.3 is 15.0 Å². The Kier molecular flexibility index (Phi) is 11.9. The maximum absolute atomic E-state index is 14.8. The third kappa shape index (κ3) is 7.24. The molecule has 0 unspecified atom stereocenters. The van der Waals surface area contributed by atoms with Crippen LogP contribution in [0.3, 0.4) is 0 Å². The van der Waals surface area contributed by atoms with Crippen molar-refractivity contribution in [3.63, 3.8) is 0 Å². The van der Waals surface area contributed by atoms with Gasteiger partial charge >= 0.3 is 5.97 Å². The van der Waals surface area contributed by atoms with Gasteiger partial charge in [0, 0.05) is 24.9 Å². The van der Waals surface area contributed by atoms with E-state index in [1.165, 1.54) is 74.3 Å². The summed E-state index contributed by atoms with van der Waals surface area (Å²) in [6, 6.07) is 9.68. The lowest BCUT2D eigenvalue weighted by Gasteiger charge is -2.72. The van der Waals surface area contributed by atoms with Gasteiger partial charge in [-0.25, -0.2) is 12.8 Å². The number of hydrogen-bond donors (Lipinski definition) is 1. The maximum Gasteiger partial charge on any atom is 0.315 e. The number of hydrogen-bond acceptors (Lipinski definition) is 6. The third-order valence-corrected chi connectivity index (χ3v) is 21.2. The zero-order chi connectivity index (χ0) is 42.9. The molecule has 0 amide bonds. The monoisotopic (exact) mass is 845 g/mol. The van der Waals surface area contributed by atoms with Gasteiger partial charge in [-0.3, -0.25) is 4.79 Å². The first-order chi connectivity index (χ1) is 28.3. The van der Waals surface area contributed by atoms with E-state index in [0.717, 1.165) is 51.0 Å². The number of benzene rings is 1. The molecule has 1 aromatic rings. The van der Waals surface area contributed by atoms with Crippen LogP contribution in [0.2, 0.25) is 0 Å². The lowest BCUT2D eigenvalue weighted by atomic mass is 9.33. The van der Waals surface area contributed by atoms with Gasteiger partial charge in [0.2, 0.25) is 0 Å². The minimum atomic E-state index is -2.96. The highest BCUT2D eigenvalue weighted by Gasteiger charge is 2.70. The van der Waals surface area contributed by atoms with Gasteiger partial charge in [-0.2, -0.15) is 0 Å². The molecule has 1 aromatic carbocycles. The number of nitrogens with zero attached hydrogens (tertiary/aromatic N) is 1. The van der Waals surface area contributed by atoms with Crippen LogP contribution in [0.25, 0.3) is 0 Å². The minimum absolute atomic E-state index is 0.0103. The lowest BCUT2D eigenvalue weighted by Crippen LogP contribution is -2.68. The van der Waals surface area contributed by atoms with Crippen molar-refractivity contribution < 1.29 is 22.3 Å². The predicted octanol–water partition coefficient (Wildman–Crippen LogP) is 10.8. The molecule has 10 atom stereocenters. The quantitative estimate of drug-likeness (QED) is 0.177. The van der Waals surface area contributed by atoms with Gasteiger partial charge in [-0.05, 0) is 178 Å². The van der Waals surface area contributed by atoms with E-state index in [2.05, 4.69) is 70.5 Å². The Hall–Kier alpha value is -2.29. The largest absolute Gasteiger partial charge is 0.460 e. The Labute approximate surface area is 362 Å². The first kappa shape index (κ1) is 44.3. The van der Waals surface area contributed by atoms with Crippen molar-refractivity contribution in [2.45, 2.75) is 149 Å². The second-order valence-electron chi connectivity index (χ2n) is 22.6. The molecule has 1 N–H and O–H groups in total. The molecule has 1 heterocycles. The van der Waals surface area contributed by atoms with E-state index in [-0.39, 0.29) is 39.1 Å². The topological polar surface area (TPSA) is 75.7 Å². The number of ether oxygens (including phenoxy) is 1. The highest BCUT2D eigenvalue weighted by Crippen LogP contribution is 2.76. The van der Waals surface area contributed by atoms with Gasteiger partial charge in [0.1, 0.15) is 23.1 Å². The van der Waals surface area contributed by atoms with Crippen LogP contribution in [0.5, 0.6) is 0 Å². The van der Waals surface area contributed by atoms with Crippen molar-refractivity contribution in [3.05, 3.63) is 71.3 Å². The summed E-state index contributed by atoms with van der Waals surface area (Å²) >= 11 is 0. The molecule has 332 valence electrons. The van der Waals surface area contributed by atoms with E-state index in [9.17, 15) is 17.6 Å². The Morgan fingerprint density at radius 3 is 2.27 bits per heavy atom. The summed E-state index contributed by atoms with van der Waals surface area (Å²) in [6.45, 7) is 23.2. The zero-order valence-corrected chi connectivity index (χ0v) is 39.0. The Morgan fingerprint density at radius 2 is 1.62 bits per heavy atom. The van der Waals surface area contributed by atoms with Crippen molar-refractivity contribution in [1.29, 1.82) is 0 Å². The summed E-state index contributed by atoms with van der Waals surface area (Å²) in [5.41, 5.74) is 4.83. The third-order valence-electron chi connectivity index (χ3n) is 19.5. The van der Waals surface area contributed by atoms with Gasteiger partial charge in [0.15, 0.2) is 0 Å². The summed E-state index contributed by atoms with van der Waals surface area (Å²) in [7, 11) is -2.96. The number of carbonyl (C=O) groups is 1. The van der Waals surface area contributed by atoms with Gasteiger partial charge in [-0.15, -0.1) is 0 Å². The highest BCUT2D eigenvalue weighted by molar-refractivity contribution is 7.91. The molecule has 6 nitrogen and oxygen atoms in total. The molecule has 1 saturated heterocycles. The zero-order valence-electron chi connectivity index (χ0n) is 38.2. The van der Waals surface area contributed by atoms with Crippen LogP contribution >= 0.6 is 0 Å². The van der Waals surface area contributed by atoms with Gasteiger partial charge in [-0.1, -0.05) is 89.3 Å². The molecule has 0 bridgehead atoms. The molecule has 4 saturated carbocycles. The smallest absolute Gasteiger partial charge is 0.315 e. The number of halogens is 1. The normalized spacial score (nSPS) is 40.6. The van der Waals surface area contributed by atoms with Crippen molar-refractivity contribution in [3.8, 4) is 0 Å². The fourth-order valence-corrected chi connectivity index (χ4v) is 17.1. The van der Waals surface area contributed by atoms with E-state index < -0.39 is 27.9 Å². The predicted molar refractivity (Wildman–Crippen MR) is 242 cm³/mol. The standard InChI is InChI=1S/C52H77FN2O4S/c1-36(2)40-18-27-52(54-30-33-55-31-21-39(22-32-55)60(8,57)58)29-28-49(6)42(45(40)52)14-15-44-48(5)23-19-41(47(3,4)43(48)20-24-50(44,49)7)38-16-25-51(35-53,26-17-38)46(56)59-34-37-12-10-9-11-13-37/h9-13,16,19,39-40,42-45,54H,1,14-15,17-18,20-35H2,2-8H3/t40-,42+,43-,44+,45+,48-,49+,50+,51-,52-/m0/s1. The van der Waals surface area contributed by atoms with Crippen LogP contribution in [-0.4, -0.2) is 69.2 Å². The summed E-state index contributed by atoms with van der Waals surface area (Å²) in [5, 5.41) is 4.09. The van der Waals surface area contributed by atoms with Crippen LogP contribution in [0.4, 0.5) is 4.39 Å². The Morgan fingerprint density at radius 1 is 0.883 bits per heavy atom. The van der Waals surface area contributed by atoms with E-state index in [1.807, 2.05) is 30.3 Å². The first-order valence-corrected chi connectivity index (χ1v) is 25.8. The summed E-state index contributed by atoms with van der Waals surface area (Å²) in [6.07, 6.45) is 20.5. The fraction of sp³-hybridized carbons (Fsp3) is 0.750. The second-order valence-corrected chi connectivity index (χ2v) is 24.9. The van der Waals surface area contributed by atoms with Crippen molar-refractivity contribution >= 4 is 15.8 Å². The SMILES string of the molecule is C=C(C)[C@@H]1CC[C@]2(NCCN3CCC(S(C)(=O)=O)CC3)CC[C@]3(C)[C@H](CC[C@@H]4[C@@]5(C)CC=C(C6=CC[C@](CF)(C(=O)OCc7ccccc7)CC6)C(C)(C)[C@@H]5CC[C@]43C)[C@@H]12. The highest BCUT2D eigenvalue weighted by atomic mass is 32.2. The molecule has 8 heteroatoms. The number of alkyl halides is 1. The Balaban J connectivity index is 0.981. The number of esters is 1. The molecule has 0 spiro atoms.